The number of hydrogen-bond acceptors (Lipinski definition) is 8. The Bertz CT molecular complexity index is 962. The van der Waals surface area contributed by atoms with Crippen molar-refractivity contribution in [2.75, 3.05) is 13.1 Å². The first-order valence-electron chi connectivity index (χ1n) is 10.5. The van der Waals surface area contributed by atoms with Crippen LogP contribution in [0.25, 0.3) is 5.13 Å². The second-order valence-corrected chi connectivity index (χ2v) is 8.79. The van der Waals surface area contributed by atoms with Crippen molar-refractivity contribution in [3.63, 3.8) is 0 Å². The zero-order valence-corrected chi connectivity index (χ0v) is 19.1. The summed E-state index contributed by atoms with van der Waals surface area (Å²) < 4.78 is 7.56. The molecular weight excluding hydrogens is 416 g/mol. The molecule has 0 bridgehead atoms. The number of ether oxygens (including phenoxy) is 1. The highest BCUT2D eigenvalue weighted by Gasteiger charge is 2.21. The summed E-state index contributed by atoms with van der Waals surface area (Å²) in [6, 6.07) is 0. The fraction of sp³-hybridized carbons (Fsp3) is 0.524. The van der Waals surface area contributed by atoms with E-state index in [0.717, 1.165) is 34.4 Å². The summed E-state index contributed by atoms with van der Waals surface area (Å²) in [6.45, 7) is 7.96. The number of carbonyl (C=O) groups is 1. The Hall–Kier alpha value is -2.72. The van der Waals surface area contributed by atoms with Gasteiger partial charge in [-0.1, -0.05) is 17.4 Å². The Morgan fingerprint density at radius 3 is 2.90 bits per heavy atom. The van der Waals surface area contributed by atoms with Crippen LogP contribution in [0.4, 0.5) is 0 Å². The molecule has 168 valence electrons. The van der Waals surface area contributed by atoms with Gasteiger partial charge in [-0.2, -0.15) is 5.10 Å². The summed E-state index contributed by atoms with van der Waals surface area (Å²) in [5.41, 5.74) is 9.09. The zero-order chi connectivity index (χ0) is 22.4. The van der Waals surface area contributed by atoms with E-state index in [0.29, 0.717) is 37.4 Å². The predicted molar refractivity (Wildman–Crippen MR) is 119 cm³/mol. The molecule has 3 rings (SSSR count). The Balaban J connectivity index is 1.63. The molecule has 3 N–H and O–H groups in total. The standard InChI is InChI=1S/C21H30N6O3S/c1-4-5-18(30-14(2)3)16(22)6-7-19-23-24-21(31-19)27-13-15-12-26(11-9-20(28)29)10-8-17(15)25-27/h4-5,13-14H,6-12,22H2,1-3H3,(H,28,29)/b5-4-,18-16-. The molecule has 0 aromatic carbocycles. The third-order valence-electron chi connectivity index (χ3n) is 4.84. The van der Waals surface area contributed by atoms with Crippen molar-refractivity contribution in [3.8, 4) is 5.13 Å². The molecule has 2 aromatic rings. The van der Waals surface area contributed by atoms with Gasteiger partial charge in [0.2, 0.25) is 5.13 Å². The van der Waals surface area contributed by atoms with Gasteiger partial charge in [0.05, 0.1) is 23.9 Å². The molecule has 10 heteroatoms. The Kier molecular flexibility index (Phi) is 7.80. The van der Waals surface area contributed by atoms with E-state index >= 15 is 0 Å². The van der Waals surface area contributed by atoms with E-state index in [2.05, 4.69) is 20.2 Å². The number of allylic oxidation sites excluding steroid dienone is 3. The quantitative estimate of drug-likeness (QED) is 0.422. The first-order valence-corrected chi connectivity index (χ1v) is 11.3. The van der Waals surface area contributed by atoms with Gasteiger partial charge in [0.15, 0.2) is 0 Å². The highest BCUT2D eigenvalue weighted by Crippen LogP contribution is 2.23. The number of rotatable bonds is 10. The summed E-state index contributed by atoms with van der Waals surface area (Å²) in [4.78, 5) is 13.0. The lowest BCUT2D eigenvalue weighted by molar-refractivity contribution is -0.137. The highest BCUT2D eigenvalue weighted by molar-refractivity contribution is 7.13. The molecule has 0 fully saturated rings. The van der Waals surface area contributed by atoms with Crippen molar-refractivity contribution in [1.29, 1.82) is 0 Å². The van der Waals surface area contributed by atoms with Crippen molar-refractivity contribution in [2.45, 2.75) is 59.1 Å². The SMILES string of the molecule is C/C=C\C(OC(C)C)=C(\N)CCc1nnc(-n2cc3c(n2)CCN(CCC(=O)O)C3)s1. The van der Waals surface area contributed by atoms with Crippen LogP contribution < -0.4 is 5.73 Å². The van der Waals surface area contributed by atoms with Crippen molar-refractivity contribution in [2.24, 2.45) is 5.73 Å². The van der Waals surface area contributed by atoms with Gasteiger partial charge in [0.1, 0.15) is 10.8 Å². The van der Waals surface area contributed by atoms with Gasteiger partial charge < -0.3 is 15.6 Å². The molecular formula is C21H30N6O3S. The molecule has 9 nitrogen and oxygen atoms in total. The van der Waals surface area contributed by atoms with Crippen LogP contribution in [0, 0.1) is 0 Å². The van der Waals surface area contributed by atoms with Crippen molar-refractivity contribution in [3.05, 3.63) is 46.1 Å². The minimum absolute atomic E-state index is 0.0591. The maximum Gasteiger partial charge on any atom is 0.304 e. The fourth-order valence-corrected chi connectivity index (χ4v) is 4.11. The average molecular weight is 447 g/mol. The predicted octanol–water partition coefficient (Wildman–Crippen LogP) is 2.66. The molecule has 1 aliphatic heterocycles. The number of aliphatic carboxylic acids is 1. The number of hydrogen-bond donors (Lipinski definition) is 2. The van der Waals surface area contributed by atoms with Gasteiger partial charge >= 0.3 is 5.97 Å². The molecule has 0 saturated carbocycles. The molecule has 1 aliphatic rings. The molecule has 0 unspecified atom stereocenters. The smallest absolute Gasteiger partial charge is 0.304 e. The minimum atomic E-state index is -0.771. The van der Waals surface area contributed by atoms with Gasteiger partial charge in [-0.3, -0.25) is 9.69 Å². The van der Waals surface area contributed by atoms with E-state index in [-0.39, 0.29) is 12.5 Å². The highest BCUT2D eigenvalue weighted by atomic mass is 32.1. The molecule has 0 saturated heterocycles. The fourth-order valence-electron chi connectivity index (χ4n) is 3.34. The van der Waals surface area contributed by atoms with Gasteiger partial charge in [-0.25, -0.2) is 4.68 Å². The number of nitrogens with two attached hydrogens (primary N) is 1. The molecule has 2 aromatic heterocycles. The number of carboxylic acid groups (broad SMARTS) is 1. The van der Waals surface area contributed by atoms with E-state index in [4.69, 9.17) is 15.6 Å². The van der Waals surface area contributed by atoms with Crippen LogP contribution in [0.15, 0.2) is 29.8 Å². The lowest BCUT2D eigenvalue weighted by Crippen LogP contribution is -2.31. The van der Waals surface area contributed by atoms with Crippen LogP contribution in [0.3, 0.4) is 0 Å². The van der Waals surface area contributed by atoms with E-state index < -0.39 is 5.97 Å². The molecule has 0 atom stereocenters. The van der Waals surface area contributed by atoms with Crippen molar-refractivity contribution >= 4 is 17.3 Å². The third-order valence-corrected chi connectivity index (χ3v) is 5.81. The molecule has 31 heavy (non-hydrogen) atoms. The largest absolute Gasteiger partial charge is 0.489 e. The van der Waals surface area contributed by atoms with Gasteiger partial charge in [-0.05, 0) is 33.3 Å². The van der Waals surface area contributed by atoms with E-state index in [9.17, 15) is 4.79 Å². The summed E-state index contributed by atoms with van der Waals surface area (Å²) in [5.74, 6) is -0.0681. The third kappa shape index (κ3) is 6.38. The summed E-state index contributed by atoms with van der Waals surface area (Å²) >= 11 is 1.50. The van der Waals surface area contributed by atoms with Crippen LogP contribution in [-0.2, 0) is 28.9 Å². The maximum absolute atomic E-state index is 10.8. The number of aryl methyl sites for hydroxylation is 1. The zero-order valence-electron chi connectivity index (χ0n) is 18.2. The molecule has 3 heterocycles. The van der Waals surface area contributed by atoms with Crippen LogP contribution in [0.5, 0.6) is 0 Å². The minimum Gasteiger partial charge on any atom is -0.489 e. The second-order valence-electron chi connectivity index (χ2n) is 7.75. The molecule has 0 radical (unpaired) electrons. The van der Waals surface area contributed by atoms with Crippen LogP contribution in [0.1, 0.15) is 49.9 Å². The average Bonchev–Trinajstić information content (AvgIpc) is 3.36. The van der Waals surface area contributed by atoms with Crippen LogP contribution >= 0.6 is 11.3 Å². The van der Waals surface area contributed by atoms with E-state index in [1.165, 1.54) is 11.3 Å². The summed E-state index contributed by atoms with van der Waals surface area (Å²) in [5, 5.41) is 23.7. The maximum atomic E-state index is 10.8. The van der Waals surface area contributed by atoms with Crippen LogP contribution in [0.2, 0.25) is 0 Å². The van der Waals surface area contributed by atoms with Crippen molar-refractivity contribution < 1.29 is 14.6 Å². The second kappa shape index (κ2) is 10.5. The molecule has 0 spiro atoms. The number of carboxylic acids is 1. The molecule has 0 amide bonds. The molecule has 0 aliphatic carbocycles. The Labute approximate surface area is 186 Å². The van der Waals surface area contributed by atoms with Gasteiger partial charge in [0.25, 0.3) is 0 Å². The lowest BCUT2D eigenvalue weighted by Gasteiger charge is -2.25. The Morgan fingerprint density at radius 2 is 2.19 bits per heavy atom. The van der Waals surface area contributed by atoms with E-state index in [1.807, 2.05) is 39.1 Å². The number of fused-ring (bicyclic) bond motifs is 1. The first-order chi connectivity index (χ1) is 14.9. The van der Waals surface area contributed by atoms with E-state index in [1.54, 1.807) is 4.68 Å². The Morgan fingerprint density at radius 1 is 1.39 bits per heavy atom. The monoisotopic (exact) mass is 446 g/mol. The van der Waals surface area contributed by atoms with Crippen molar-refractivity contribution in [1.82, 2.24) is 24.9 Å². The normalized spacial score (nSPS) is 15.4. The number of aromatic nitrogens is 4. The summed E-state index contributed by atoms with van der Waals surface area (Å²) in [6.07, 6.45) is 8.10. The first kappa shape index (κ1) is 23.0. The number of nitrogens with zero attached hydrogens (tertiary/aromatic N) is 5. The topological polar surface area (TPSA) is 119 Å². The lowest BCUT2D eigenvalue weighted by atomic mass is 10.1. The van der Waals surface area contributed by atoms with Gasteiger partial charge in [-0.15, -0.1) is 10.2 Å². The van der Waals surface area contributed by atoms with Gasteiger partial charge in [0, 0.05) is 44.2 Å². The summed E-state index contributed by atoms with van der Waals surface area (Å²) in [7, 11) is 0. The van der Waals surface area contributed by atoms with Crippen LogP contribution in [-0.4, -0.2) is 55.1 Å².